The molecule has 0 aliphatic carbocycles. The SMILES string of the molecule is C=C(NNC(=O)[C@@H]1COc2ccccc2O1)c1ccccc1F. The highest BCUT2D eigenvalue weighted by Gasteiger charge is 2.27. The number of halogens is 1. The Morgan fingerprint density at radius 1 is 1.09 bits per heavy atom. The normalized spacial score (nSPS) is 15.6. The van der Waals surface area contributed by atoms with E-state index >= 15 is 0 Å². The Bertz CT molecular complexity index is 748. The van der Waals surface area contributed by atoms with Crippen LogP contribution in [0.2, 0.25) is 0 Å². The molecule has 0 fully saturated rings. The number of fused-ring (bicyclic) bond motifs is 1. The number of carbonyl (C=O) groups excluding carboxylic acids is 1. The van der Waals surface area contributed by atoms with Crippen LogP contribution >= 0.6 is 0 Å². The van der Waals surface area contributed by atoms with E-state index in [0.29, 0.717) is 11.5 Å². The van der Waals surface area contributed by atoms with Crippen LogP contribution in [0.4, 0.5) is 4.39 Å². The van der Waals surface area contributed by atoms with Crippen molar-refractivity contribution in [3.8, 4) is 11.5 Å². The summed E-state index contributed by atoms with van der Waals surface area (Å²) in [6.45, 7) is 3.79. The van der Waals surface area contributed by atoms with Crippen molar-refractivity contribution in [3.63, 3.8) is 0 Å². The van der Waals surface area contributed by atoms with Crippen molar-refractivity contribution in [2.24, 2.45) is 0 Å². The van der Waals surface area contributed by atoms with Crippen LogP contribution in [0, 0.1) is 5.82 Å². The zero-order chi connectivity index (χ0) is 16.2. The van der Waals surface area contributed by atoms with Gasteiger partial charge < -0.3 is 9.47 Å². The third kappa shape index (κ3) is 3.26. The summed E-state index contributed by atoms with van der Waals surface area (Å²) in [6, 6.07) is 13.2. The van der Waals surface area contributed by atoms with Crippen molar-refractivity contribution < 1.29 is 18.7 Å². The molecule has 0 bridgehead atoms. The Morgan fingerprint density at radius 3 is 2.57 bits per heavy atom. The predicted molar refractivity (Wildman–Crippen MR) is 83.1 cm³/mol. The minimum atomic E-state index is -0.800. The average molecular weight is 314 g/mol. The lowest BCUT2D eigenvalue weighted by Gasteiger charge is -2.25. The molecule has 2 N–H and O–H groups in total. The summed E-state index contributed by atoms with van der Waals surface area (Å²) in [7, 11) is 0. The van der Waals surface area contributed by atoms with Crippen LogP contribution < -0.4 is 20.3 Å². The van der Waals surface area contributed by atoms with Gasteiger partial charge in [-0.15, -0.1) is 0 Å². The lowest BCUT2D eigenvalue weighted by atomic mass is 10.2. The third-order valence-corrected chi connectivity index (χ3v) is 3.34. The van der Waals surface area contributed by atoms with E-state index < -0.39 is 17.8 Å². The molecule has 1 amide bonds. The molecule has 23 heavy (non-hydrogen) atoms. The molecule has 0 saturated carbocycles. The number of benzene rings is 2. The highest BCUT2D eigenvalue weighted by atomic mass is 19.1. The molecule has 0 spiro atoms. The summed E-state index contributed by atoms with van der Waals surface area (Å²) < 4.78 is 24.7. The number of hydrogen-bond acceptors (Lipinski definition) is 4. The zero-order valence-electron chi connectivity index (χ0n) is 12.2. The Labute approximate surface area is 132 Å². The second kappa shape index (κ2) is 6.39. The lowest BCUT2D eigenvalue weighted by molar-refractivity contribution is -0.131. The Morgan fingerprint density at radius 2 is 1.78 bits per heavy atom. The number of nitrogens with one attached hydrogen (secondary N) is 2. The van der Waals surface area contributed by atoms with Crippen molar-refractivity contribution in [3.05, 3.63) is 66.5 Å². The third-order valence-electron chi connectivity index (χ3n) is 3.34. The van der Waals surface area contributed by atoms with Gasteiger partial charge in [0.15, 0.2) is 11.5 Å². The predicted octanol–water partition coefficient (Wildman–Crippen LogP) is 2.26. The second-order valence-corrected chi connectivity index (χ2v) is 4.94. The van der Waals surface area contributed by atoms with Gasteiger partial charge in [-0.2, -0.15) is 0 Å². The summed E-state index contributed by atoms with van der Waals surface area (Å²) in [5, 5.41) is 0. The van der Waals surface area contributed by atoms with E-state index in [1.165, 1.54) is 6.07 Å². The molecule has 6 heteroatoms. The first-order valence-electron chi connectivity index (χ1n) is 7.03. The molecule has 5 nitrogen and oxygen atoms in total. The molecular formula is C17H15FN2O3. The molecule has 118 valence electrons. The fourth-order valence-corrected chi connectivity index (χ4v) is 2.14. The summed E-state index contributed by atoms with van der Waals surface area (Å²) in [5.74, 6) is 0.245. The summed E-state index contributed by atoms with van der Waals surface area (Å²) in [4.78, 5) is 12.1. The van der Waals surface area contributed by atoms with E-state index in [9.17, 15) is 9.18 Å². The molecule has 0 saturated heterocycles. The quantitative estimate of drug-likeness (QED) is 0.850. The number of amides is 1. The smallest absolute Gasteiger partial charge is 0.282 e. The molecule has 1 aliphatic rings. The summed E-state index contributed by atoms with van der Waals surface area (Å²) >= 11 is 0. The van der Waals surface area contributed by atoms with E-state index in [2.05, 4.69) is 17.4 Å². The van der Waals surface area contributed by atoms with Gasteiger partial charge in [-0.3, -0.25) is 15.6 Å². The highest BCUT2D eigenvalue weighted by molar-refractivity contribution is 5.82. The fraction of sp³-hybridized carbons (Fsp3) is 0.118. The fourth-order valence-electron chi connectivity index (χ4n) is 2.14. The van der Waals surface area contributed by atoms with E-state index in [4.69, 9.17) is 9.47 Å². The number of carbonyl (C=O) groups is 1. The average Bonchev–Trinajstić information content (AvgIpc) is 2.59. The lowest BCUT2D eigenvalue weighted by Crippen LogP contribution is -2.48. The van der Waals surface area contributed by atoms with Crippen LogP contribution in [-0.4, -0.2) is 18.6 Å². The summed E-state index contributed by atoms with van der Waals surface area (Å²) in [6.07, 6.45) is -0.800. The van der Waals surface area contributed by atoms with Gasteiger partial charge >= 0.3 is 0 Å². The van der Waals surface area contributed by atoms with Crippen LogP contribution in [0.1, 0.15) is 5.56 Å². The maximum absolute atomic E-state index is 13.6. The minimum absolute atomic E-state index is 0.0939. The first kappa shape index (κ1) is 14.9. The molecule has 0 unspecified atom stereocenters. The van der Waals surface area contributed by atoms with Gasteiger partial charge in [-0.25, -0.2) is 4.39 Å². The second-order valence-electron chi connectivity index (χ2n) is 4.94. The van der Waals surface area contributed by atoms with Crippen molar-refractivity contribution in [1.29, 1.82) is 0 Å². The minimum Gasteiger partial charge on any atom is -0.485 e. The number of hydrazine groups is 1. The molecule has 2 aromatic rings. The number of rotatable bonds is 4. The number of hydrogen-bond donors (Lipinski definition) is 2. The van der Waals surface area contributed by atoms with Gasteiger partial charge in [0.05, 0.1) is 5.70 Å². The van der Waals surface area contributed by atoms with Crippen molar-refractivity contribution in [1.82, 2.24) is 10.9 Å². The maximum Gasteiger partial charge on any atom is 0.282 e. The van der Waals surface area contributed by atoms with Crippen LogP contribution in [0.5, 0.6) is 11.5 Å². The van der Waals surface area contributed by atoms with Crippen LogP contribution in [0.25, 0.3) is 5.70 Å². The van der Waals surface area contributed by atoms with E-state index in [1.54, 1.807) is 36.4 Å². The number of para-hydroxylation sites is 2. The molecule has 1 heterocycles. The van der Waals surface area contributed by atoms with Gasteiger partial charge in [0.2, 0.25) is 6.10 Å². The Hall–Kier alpha value is -3.02. The van der Waals surface area contributed by atoms with Crippen molar-refractivity contribution in [2.75, 3.05) is 6.61 Å². The van der Waals surface area contributed by atoms with Crippen LogP contribution in [0.3, 0.4) is 0 Å². The number of ether oxygens (including phenoxy) is 2. The van der Waals surface area contributed by atoms with Crippen molar-refractivity contribution in [2.45, 2.75) is 6.10 Å². The van der Waals surface area contributed by atoms with Crippen LogP contribution in [0.15, 0.2) is 55.1 Å². The maximum atomic E-state index is 13.6. The molecule has 1 aliphatic heterocycles. The van der Waals surface area contributed by atoms with Crippen molar-refractivity contribution >= 4 is 11.6 Å². The van der Waals surface area contributed by atoms with Gasteiger partial charge in [-0.1, -0.05) is 30.8 Å². The van der Waals surface area contributed by atoms with E-state index in [1.807, 2.05) is 6.07 Å². The van der Waals surface area contributed by atoms with Gasteiger partial charge in [0.25, 0.3) is 5.91 Å². The zero-order valence-corrected chi connectivity index (χ0v) is 12.2. The van der Waals surface area contributed by atoms with E-state index in [0.717, 1.165) is 0 Å². The molecule has 2 aromatic carbocycles. The Balaban J connectivity index is 1.58. The Kier molecular flexibility index (Phi) is 4.14. The summed E-state index contributed by atoms with van der Waals surface area (Å²) in [5.41, 5.74) is 5.56. The van der Waals surface area contributed by atoms with Gasteiger partial charge in [0.1, 0.15) is 12.4 Å². The highest BCUT2D eigenvalue weighted by Crippen LogP contribution is 2.30. The van der Waals surface area contributed by atoms with Gasteiger partial charge in [-0.05, 0) is 24.3 Å². The molecule has 3 rings (SSSR count). The molecule has 0 radical (unpaired) electrons. The standard InChI is InChI=1S/C17H15FN2O3/c1-11(12-6-2-3-7-13(12)18)19-20-17(21)16-10-22-14-8-4-5-9-15(14)23-16/h2-9,16,19H,1,10H2,(H,20,21)/t16-/m0/s1. The monoisotopic (exact) mass is 314 g/mol. The molecule has 1 atom stereocenters. The molecule has 0 aromatic heterocycles. The van der Waals surface area contributed by atoms with E-state index in [-0.39, 0.29) is 17.9 Å². The topological polar surface area (TPSA) is 59.6 Å². The van der Waals surface area contributed by atoms with Crippen LogP contribution in [-0.2, 0) is 4.79 Å². The first-order chi connectivity index (χ1) is 11.1. The molecular weight excluding hydrogens is 299 g/mol. The first-order valence-corrected chi connectivity index (χ1v) is 7.03. The van der Waals surface area contributed by atoms with Gasteiger partial charge in [0, 0.05) is 5.56 Å². The largest absolute Gasteiger partial charge is 0.485 e.